The summed E-state index contributed by atoms with van der Waals surface area (Å²) in [4.78, 5) is 4.37. The monoisotopic (exact) mass is 246 g/mol. The molecule has 0 atom stereocenters. The molecule has 0 saturated carbocycles. The van der Waals surface area contributed by atoms with Crippen LogP contribution < -0.4 is 0 Å². The third-order valence-electron chi connectivity index (χ3n) is 2.93. The molecule has 0 fully saturated rings. The fourth-order valence-corrected chi connectivity index (χ4v) is 1.84. The van der Waals surface area contributed by atoms with E-state index in [4.69, 9.17) is 20.9 Å². The Labute approximate surface area is 101 Å². The van der Waals surface area contributed by atoms with E-state index in [0.29, 0.717) is 17.6 Å². The van der Waals surface area contributed by atoms with Gasteiger partial charge in [0.15, 0.2) is 0 Å². The summed E-state index contributed by atoms with van der Waals surface area (Å²) in [6, 6.07) is 0. The molecular weight excluding hydrogens is 228 g/mol. The summed E-state index contributed by atoms with van der Waals surface area (Å²) in [7, 11) is 1.68. The summed E-state index contributed by atoms with van der Waals surface area (Å²) >= 11 is 5.62. The number of halogens is 1. The molecule has 0 spiro atoms. The first-order valence-electron chi connectivity index (χ1n) is 5.66. The largest absolute Gasteiger partial charge is 0.370 e. The predicted molar refractivity (Wildman–Crippen MR) is 62.6 cm³/mol. The van der Waals surface area contributed by atoms with E-state index in [-0.39, 0.29) is 0 Å². The highest BCUT2D eigenvalue weighted by Gasteiger charge is 2.33. The van der Waals surface area contributed by atoms with Gasteiger partial charge in [0.2, 0.25) is 11.7 Å². The molecule has 0 amide bonds. The number of rotatable bonds is 7. The summed E-state index contributed by atoms with van der Waals surface area (Å²) in [5.74, 6) is 1.89. The van der Waals surface area contributed by atoms with Crippen LogP contribution >= 0.6 is 11.6 Å². The fraction of sp³-hybridized carbons (Fsp3) is 0.818. The van der Waals surface area contributed by atoms with Gasteiger partial charge in [-0.25, -0.2) is 0 Å². The van der Waals surface area contributed by atoms with E-state index in [0.717, 1.165) is 25.7 Å². The van der Waals surface area contributed by atoms with Crippen LogP contribution in [0.2, 0.25) is 0 Å². The van der Waals surface area contributed by atoms with Crippen molar-refractivity contribution in [2.45, 2.75) is 45.1 Å². The number of hydrogen-bond acceptors (Lipinski definition) is 4. The molecular formula is C11H19ClN2O2. The van der Waals surface area contributed by atoms with Crippen molar-refractivity contribution in [3.63, 3.8) is 0 Å². The minimum Gasteiger partial charge on any atom is -0.370 e. The van der Waals surface area contributed by atoms with Gasteiger partial charge < -0.3 is 9.26 Å². The van der Waals surface area contributed by atoms with Crippen molar-refractivity contribution in [3.05, 3.63) is 11.7 Å². The SMILES string of the molecule is CCC(CC)(OC)c1noc(CCCCl)n1. The van der Waals surface area contributed by atoms with Crippen LogP contribution in [0, 0.1) is 0 Å². The molecule has 4 nitrogen and oxygen atoms in total. The molecule has 0 saturated heterocycles. The van der Waals surface area contributed by atoms with Gasteiger partial charge in [0, 0.05) is 19.4 Å². The number of aromatic nitrogens is 2. The van der Waals surface area contributed by atoms with Crippen molar-refractivity contribution >= 4 is 11.6 Å². The molecule has 0 unspecified atom stereocenters. The highest BCUT2D eigenvalue weighted by atomic mass is 35.5. The Morgan fingerprint density at radius 3 is 2.56 bits per heavy atom. The van der Waals surface area contributed by atoms with E-state index in [1.165, 1.54) is 0 Å². The van der Waals surface area contributed by atoms with Crippen LogP contribution in [0.4, 0.5) is 0 Å². The fourth-order valence-electron chi connectivity index (χ4n) is 1.71. The second-order valence-corrected chi connectivity index (χ2v) is 4.09. The van der Waals surface area contributed by atoms with Crippen molar-refractivity contribution in [1.29, 1.82) is 0 Å². The average Bonchev–Trinajstić information content (AvgIpc) is 2.79. The maximum absolute atomic E-state index is 5.62. The Balaban J connectivity index is 2.81. The third kappa shape index (κ3) is 2.74. The Hall–Kier alpha value is -0.610. The minimum atomic E-state index is -0.414. The van der Waals surface area contributed by atoms with Crippen LogP contribution in [0.5, 0.6) is 0 Å². The molecule has 0 radical (unpaired) electrons. The molecule has 0 aromatic carbocycles. The number of ether oxygens (including phenoxy) is 1. The molecule has 0 bridgehead atoms. The van der Waals surface area contributed by atoms with E-state index in [1.807, 2.05) is 0 Å². The highest BCUT2D eigenvalue weighted by Crippen LogP contribution is 2.30. The zero-order valence-corrected chi connectivity index (χ0v) is 10.9. The quantitative estimate of drug-likeness (QED) is 0.694. The molecule has 0 N–H and O–H groups in total. The van der Waals surface area contributed by atoms with Crippen molar-refractivity contribution < 1.29 is 9.26 Å². The standard InChI is InChI=1S/C11H19ClN2O2/c1-4-11(5-2,15-3)10-13-9(16-14-10)7-6-8-12/h4-8H2,1-3H3. The number of aryl methyl sites for hydroxylation is 1. The molecule has 1 aromatic rings. The number of hydrogen-bond donors (Lipinski definition) is 0. The van der Waals surface area contributed by atoms with Gasteiger partial charge >= 0.3 is 0 Å². The lowest BCUT2D eigenvalue weighted by molar-refractivity contribution is -0.0306. The zero-order chi connectivity index (χ0) is 12.0. The molecule has 0 aliphatic heterocycles. The Morgan fingerprint density at radius 1 is 1.38 bits per heavy atom. The topological polar surface area (TPSA) is 48.2 Å². The van der Waals surface area contributed by atoms with Crippen molar-refractivity contribution in [3.8, 4) is 0 Å². The van der Waals surface area contributed by atoms with Gasteiger partial charge in [0.25, 0.3) is 0 Å². The lowest BCUT2D eigenvalue weighted by Gasteiger charge is -2.25. The Morgan fingerprint density at radius 2 is 2.06 bits per heavy atom. The number of methoxy groups -OCH3 is 1. The molecule has 92 valence electrons. The third-order valence-corrected chi connectivity index (χ3v) is 3.20. The van der Waals surface area contributed by atoms with Crippen molar-refractivity contribution in [2.24, 2.45) is 0 Å². The second-order valence-electron chi connectivity index (χ2n) is 3.71. The van der Waals surface area contributed by atoms with Gasteiger partial charge in [-0.2, -0.15) is 4.98 Å². The summed E-state index contributed by atoms with van der Waals surface area (Å²) < 4.78 is 10.7. The van der Waals surface area contributed by atoms with E-state index in [2.05, 4.69) is 24.0 Å². The summed E-state index contributed by atoms with van der Waals surface area (Å²) in [5, 5.41) is 4.00. The summed E-state index contributed by atoms with van der Waals surface area (Å²) in [5.41, 5.74) is -0.414. The first-order valence-corrected chi connectivity index (χ1v) is 6.20. The Kier molecular flexibility index (Phi) is 5.22. The second kappa shape index (κ2) is 6.21. The maximum atomic E-state index is 5.62. The van der Waals surface area contributed by atoms with Crippen molar-refractivity contribution in [2.75, 3.05) is 13.0 Å². The molecule has 1 heterocycles. The molecule has 1 aromatic heterocycles. The van der Waals surface area contributed by atoms with E-state index < -0.39 is 5.60 Å². The minimum absolute atomic E-state index is 0.414. The van der Waals surface area contributed by atoms with Gasteiger partial charge in [-0.15, -0.1) is 11.6 Å². The summed E-state index contributed by atoms with van der Waals surface area (Å²) in [6.45, 7) is 4.11. The Bertz CT molecular complexity index is 302. The van der Waals surface area contributed by atoms with Gasteiger partial charge in [-0.05, 0) is 19.3 Å². The van der Waals surface area contributed by atoms with Crippen molar-refractivity contribution in [1.82, 2.24) is 10.1 Å². The molecule has 1 rings (SSSR count). The van der Waals surface area contributed by atoms with Gasteiger partial charge in [0.05, 0.1) is 0 Å². The van der Waals surface area contributed by atoms with E-state index >= 15 is 0 Å². The smallest absolute Gasteiger partial charge is 0.226 e. The van der Waals surface area contributed by atoms with Crippen LogP contribution in [-0.4, -0.2) is 23.1 Å². The highest BCUT2D eigenvalue weighted by molar-refractivity contribution is 6.17. The normalized spacial score (nSPS) is 12.0. The molecule has 0 aliphatic rings. The van der Waals surface area contributed by atoms with Crippen LogP contribution in [0.1, 0.15) is 44.8 Å². The molecule has 16 heavy (non-hydrogen) atoms. The summed E-state index contributed by atoms with van der Waals surface area (Å²) in [6.07, 6.45) is 3.23. The first kappa shape index (κ1) is 13.5. The van der Waals surface area contributed by atoms with E-state index in [9.17, 15) is 0 Å². The lowest BCUT2D eigenvalue weighted by atomic mass is 9.96. The average molecular weight is 247 g/mol. The van der Waals surface area contributed by atoms with Crippen LogP contribution in [0.15, 0.2) is 4.52 Å². The molecule has 5 heteroatoms. The maximum Gasteiger partial charge on any atom is 0.226 e. The first-order chi connectivity index (χ1) is 7.72. The van der Waals surface area contributed by atoms with Gasteiger partial charge in [-0.3, -0.25) is 0 Å². The van der Waals surface area contributed by atoms with Crippen LogP contribution in [0.3, 0.4) is 0 Å². The lowest BCUT2D eigenvalue weighted by Crippen LogP contribution is -2.28. The number of alkyl halides is 1. The zero-order valence-electron chi connectivity index (χ0n) is 10.1. The van der Waals surface area contributed by atoms with Crippen LogP contribution in [-0.2, 0) is 16.8 Å². The van der Waals surface area contributed by atoms with E-state index in [1.54, 1.807) is 7.11 Å². The number of nitrogens with zero attached hydrogens (tertiary/aromatic N) is 2. The van der Waals surface area contributed by atoms with Gasteiger partial charge in [0.1, 0.15) is 5.60 Å². The molecule has 0 aliphatic carbocycles. The predicted octanol–water partition coefficient (Wildman–Crippen LogP) is 2.90. The van der Waals surface area contributed by atoms with Gasteiger partial charge in [-0.1, -0.05) is 19.0 Å². The van der Waals surface area contributed by atoms with Crippen LogP contribution in [0.25, 0.3) is 0 Å².